The lowest BCUT2D eigenvalue weighted by Crippen LogP contribution is -1.63. The third-order valence-corrected chi connectivity index (χ3v) is 1.35. The summed E-state index contributed by atoms with van der Waals surface area (Å²) in [4.78, 5) is 3.73. The largest absolute Gasteiger partial charge is 0.360 e. The van der Waals surface area contributed by atoms with Gasteiger partial charge in [0.15, 0.2) is 0 Å². The average molecular weight is 135 g/mol. The quantitative estimate of drug-likeness (QED) is 0.601. The van der Waals surface area contributed by atoms with Crippen LogP contribution in [0.3, 0.4) is 0 Å². The van der Waals surface area contributed by atoms with Crippen LogP contribution in [0, 0.1) is 0 Å². The standard InChI is InChI=1S/C6H5N3O/c1-7-4-2-3-5-6(4)10-9-8-5/h2-3,9H,1H2. The van der Waals surface area contributed by atoms with Gasteiger partial charge in [-0.05, 0) is 18.9 Å². The Labute approximate surface area is 56.9 Å². The number of nitrogens with zero attached hydrogens (tertiary/aromatic N) is 2. The van der Waals surface area contributed by atoms with Crippen LogP contribution in [0.2, 0.25) is 0 Å². The van der Waals surface area contributed by atoms with Crippen molar-refractivity contribution in [2.45, 2.75) is 0 Å². The van der Waals surface area contributed by atoms with Gasteiger partial charge in [-0.1, -0.05) is 0 Å². The van der Waals surface area contributed by atoms with Gasteiger partial charge >= 0.3 is 0 Å². The van der Waals surface area contributed by atoms with E-state index in [9.17, 15) is 0 Å². The second kappa shape index (κ2) is 1.70. The number of hydrogen-bond donors (Lipinski definition) is 1. The Morgan fingerprint density at radius 3 is 3.30 bits per heavy atom. The Morgan fingerprint density at radius 1 is 1.60 bits per heavy atom. The van der Waals surface area contributed by atoms with Crippen molar-refractivity contribution in [2.24, 2.45) is 4.99 Å². The highest BCUT2D eigenvalue weighted by Gasteiger charge is 2.12. The highest BCUT2D eigenvalue weighted by atomic mass is 16.5. The molecule has 0 spiro atoms. The van der Waals surface area contributed by atoms with Gasteiger partial charge in [-0.3, -0.25) is 4.99 Å². The van der Waals surface area contributed by atoms with Crippen molar-refractivity contribution in [1.82, 2.24) is 10.4 Å². The molecule has 0 unspecified atom stereocenters. The van der Waals surface area contributed by atoms with Crippen molar-refractivity contribution in [2.75, 3.05) is 0 Å². The van der Waals surface area contributed by atoms with E-state index in [0.717, 1.165) is 11.4 Å². The van der Waals surface area contributed by atoms with Crippen LogP contribution in [0.5, 0.6) is 0 Å². The molecular formula is C6H5N3O. The molecule has 10 heavy (non-hydrogen) atoms. The average Bonchev–Trinajstić information content (AvgIpc) is 2.44. The Kier molecular flexibility index (Phi) is 0.887. The van der Waals surface area contributed by atoms with Gasteiger partial charge in [0.05, 0.1) is 0 Å². The fourth-order valence-corrected chi connectivity index (χ4v) is 0.875. The van der Waals surface area contributed by atoms with E-state index in [0.29, 0.717) is 5.76 Å². The molecule has 1 aliphatic carbocycles. The molecule has 0 aromatic rings. The number of hydrogen-bond acceptors (Lipinski definition) is 3. The highest BCUT2D eigenvalue weighted by molar-refractivity contribution is 5.72. The van der Waals surface area contributed by atoms with Gasteiger partial charge in [0.25, 0.3) is 0 Å². The first-order valence-electron chi connectivity index (χ1n) is 2.81. The molecule has 4 heteroatoms. The molecule has 1 N–H and O–H groups in total. The van der Waals surface area contributed by atoms with Gasteiger partial charge in [0, 0.05) is 0 Å². The molecule has 1 heterocycles. The molecule has 1 aliphatic heterocycles. The Balaban J connectivity index is 2.71. The molecule has 0 bridgehead atoms. The van der Waals surface area contributed by atoms with E-state index >= 15 is 0 Å². The van der Waals surface area contributed by atoms with Crippen molar-refractivity contribution in [3.8, 4) is 11.5 Å². The monoisotopic (exact) mass is 135 g/mol. The lowest BCUT2D eigenvalue weighted by molar-refractivity contribution is 0.408. The zero-order valence-electron chi connectivity index (χ0n) is 5.16. The Hall–Kier alpha value is -1.58. The number of fused-ring (bicyclic) bond motifs is 1. The minimum Gasteiger partial charge on any atom is -0.360 e. The van der Waals surface area contributed by atoms with E-state index in [2.05, 4.69) is 22.1 Å². The molecule has 50 valence electrons. The Morgan fingerprint density at radius 2 is 2.50 bits per heavy atom. The van der Waals surface area contributed by atoms with E-state index in [-0.39, 0.29) is 0 Å². The number of rotatable bonds is 1. The normalized spacial score (nSPS) is 10.4. The molecule has 0 radical (unpaired) electrons. The Bertz CT molecular complexity index is 322. The maximum absolute atomic E-state index is 4.91. The third kappa shape index (κ3) is 0.500. The van der Waals surface area contributed by atoms with Gasteiger partial charge in [0.2, 0.25) is 5.76 Å². The highest BCUT2D eigenvalue weighted by Crippen LogP contribution is 2.31. The number of H-pyrrole nitrogens is 1. The van der Waals surface area contributed by atoms with Crippen LogP contribution in [0.25, 0.3) is 11.5 Å². The molecule has 0 amide bonds. The molecule has 0 aromatic heterocycles. The van der Waals surface area contributed by atoms with E-state index < -0.39 is 0 Å². The van der Waals surface area contributed by atoms with Crippen LogP contribution in [0.4, 0.5) is 5.69 Å². The predicted octanol–water partition coefficient (Wildman–Crippen LogP) is 1.44. The number of aromatic amines is 1. The fourth-order valence-electron chi connectivity index (χ4n) is 0.875. The summed E-state index contributed by atoms with van der Waals surface area (Å²) in [5.74, 6) is 0.662. The van der Waals surface area contributed by atoms with Crippen LogP contribution < -0.4 is 0 Å². The number of aromatic nitrogens is 2. The minimum atomic E-state index is 0.662. The van der Waals surface area contributed by atoms with Crippen LogP contribution >= 0.6 is 0 Å². The summed E-state index contributed by atoms with van der Waals surface area (Å²) in [7, 11) is 0. The summed E-state index contributed by atoms with van der Waals surface area (Å²) in [6.07, 6.45) is 0. The molecular weight excluding hydrogens is 130 g/mol. The van der Waals surface area contributed by atoms with Crippen LogP contribution in [-0.4, -0.2) is 17.1 Å². The van der Waals surface area contributed by atoms with E-state index in [4.69, 9.17) is 4.52 Å². The number of aliphatic imine (C=N–C) groups is 1. The molecule has 2 rings (SSSR count). The van der Waals surface area contributed by atoms with E-state index in [1.165, 1.54) is 0 Å². The molecule has 0 atom stereocenters. The van der Waals surface area contributed by atoms with Crippen molar-refractivity contribution >= 4 is 12.4 Å². The van der Waals surface area contributed by atoms with Gasteiger partial charge in [-0.15, -0.1) is 10.4 Å². The summed E-state index contributed by atoms with van der Waals surface area (Å²) in [6, 6.07) is 3.63. The molecule has 2 aliphatic rings. The molecule has 0 fully saturated rings. The first kappa shape index (κ1) is 5.22. The van der Waals surface area contributed by atoms with Gasteiger partial charge < -0.3 is 4.52 Å². The molecule has 0 saturated heterocycles. The summed E-state index contributed by atoms with van der Waals surface area (Å²) in [5, 5.41) is 6.19. The second-order valence-electron chi connectivity index (χ2n) is 1.90. The molecule has 4 nitrogen and oxygen atoms in total. The summed E-state index contributed by atoms with van der Waals surface area (Å²) < 4.78 is 4.91. The summed E-state index contributed by atoms with van der Waals surface area (Å²) >= 11 is 0. The fraction of sp³-hybridized carbons (Fsp3) is 0. The van der Waals surface area contributed by atoms with Crippen LogP contribution in [0.1, 0.15) is 0 Å². The second-order valence-corrected chi connectivity index (χ2v) is 1.90. The molecule has 0 aromatic carbocycles. The minimum absolute atomic E-state index is 0.662. The van der Waals surface area contributed by atoms with Crippen LogP contribution in [-0.2, 0) is 0 Å². The topological polar surface area (TPSA) is 54.2 Å². The summed E-state index contributed by atoms with van der Waals surface area (Å²) in [6.45, 7) is 3.38. The summed E-state index contributed by atoms with van der Waals surface area (Å²) in [5.41, 5.74) is 1.51. The zero-order valence-corrected chi connectivity index (χ0v) is 5.16. The molecule has 0 saturated carbocycles. The first-order chi connectivity index (χ1) is 4.92. The third-order valence-electron chi connectivity index (χ3n) is 1.35. The van der Waals surface area contributed by atoms with Gasteiger partial charge in [-0.25, -0.2) is 0 Å². The predicted molar refractivity (Wildman–Crippen MR) is 36.7 cm³/mol. The lowest BCUT2D eigenvalue weighted by atomic mass is 10.4. The van der Waals surface area contributed by atoms with E-state index in [1.54, 1.807) is 0 Å². The van der Waals surface area contributed by atoms with Crippen molar-refractivity contribution < 1.29 is 4.52 Å². The maximum atomic E-state index is 4.91. The van der Waals surface area contributed by atoms with Crippen LogP contribution in [0.15, 0.2) is 21.6 Å². The smallest absolute Gasteiger partial charge is 0.210 e. The van der Waals surface area contributed by atoms with Gasteiger partial charge in [-0.2, -0.15) is 0 Å². The van der Waals surface area contributed by atoms with Crippen molar-refractivity contribution in [3.05, 3.63) is 12.1 Å². The SMILES string of the molecule is C=Nc1ccc2n[nH]oc1-2. The van der Waals surface area contributed by atoms with E-state index in [1.807, 2.05) is 12.1 Å². The first-order valence-corrected chi connectivity index (χ1v) is 2.81. The van der Waals surface area contributed by atoms with Crippen molar-refractivity contribution in [1.29, 1.82) is 0 Å². The van der Waals surface area contributed by atoms with Crippen molar-refractivity contribution in [3.63, 3.8) is 0 Å². The zero-order chi connectivity index (χ0) is 6.97. The number of nitrogens with one attached hydrogen (secondary N) is 1. The van der Waals surface area contributed by atoms with Gasteiger partial charge in [0.1, 0.15) is 11.4 Å². The maximum Gasteiger partial charge on any atom is 0.210 e. The lowest BCUT2D eigenvalue weighted by Gasteiger charge is -1.82.